The van der Waals surface area contributed by atoms with E-state index in [1.807, 2.05) is 0 Å². The van der Waals surface area contributed by atoms with E-state index in [1.165, 1.54) is 83.7 Å². The summed E-state index contributed by atoms with van der Waals surface area (Å²) < 4.78 is 0. The summed E-state index contributed by atoms with van der Waals surface area (Å²) in [6.45, 7) is 4.67. The van der Waals surface area contributed by atoms with Crippen LogP contribution in [0.3, 0.4) is 0 Å². The van der Waals surface area contributed by atoms with Crippen LogP contribution in [0.2, 0.25) is 0 Å². The Labute approximate surface area is 136 Å². The van der Waals surface area contributed by atoms with Gasteiger partial charge in [0, 0.05) is 5.54 Å². The van der Waals surface area contributed by atoms with E-state index in [0.29, 0.717) is 5.92 Å². The molecule has 3 heteroatoms. The number of hydrogen-bond acceptors (Lipinski definition) is 2. The quantitative estimate of drug-likeness (QED) is 0.860. The Morgan fingerprint density at radius 1 is 0.909 bits per heavy atom. The number of carbonyl (C=O) groups is 1. The number of piperidine rings is 1. The van der Waals surface area contributed by atoms with E-state index in [-0.39, 0.29) is 16.9 Å². The van der Waals surface area contributed by atoms with Crippen LogP contribution in [0.1, 0.15) is 84.0 Å². The summed E-state index contributed by atoms with van der Waals surface area (Å²) in [5.41, 5.74) is 5.94. The first-order chi connectivity index (χ1) is 10.6. The van der Waals surface area contributed by atoms with Gasteiger partial charge in [-0.2, -0.15) is 0 Å². The molecule has 126 valence electrons. The zero-order valence-electron chi connectivity index (χ0n) is 14.4. The van der Waals surface area contributed by atoms with Crippen molar-refractivity contribution in [2.75, 3.05) is 13.1 Å². The van der Waals surface area contributed by atoms with E-state index in [0.717, 1.165) is 6.42 Å². The lowest BCUT2D eigenvalue weighted by molar-refractivity contribution is -0.158. The second kappa shape index (κ2) is 6.51. The molecule has 1 amide bonds. The van der Waals surface area contributed by atoms with Gasteiger partial charge in [0.25, 0.3) is 0 Å². The van der Waals surface area contributed by atoms with E-state index in [2.05, 4.69) is 11.8 Å². The third-order valence-corrected chi connectivity index (χ3v) is 7.21. The first-order valence-electron chi connectivity index (χ1n) is 9.68. The Hall–Kier alpha value is -0.570. The van der Waals surface area contributed by atoms with Crippen LogP contribution in [-0.4, -0.2) is 29.4 Å². The maximum absolute atomic E-state index is 12.8. The van der Waals surface area contributed by atoms with Crippen LogP contribution in [-0.2, 0) is 4.79 Å². The minimum atomic E-state index is -0.275. The molecule has 2 unspecified atom stereocenters. The van der Waals surface area contributed by atoms with Gasteiger partial charge in [-0.15, -0.1) is 0 Å². The van der Waals surface area contributed by atoms with Gasteiger partial charge in [-0.1, -0.05) is 45.4 Å². The van der Waals surface area contributed by atoms with Crippen molar-refractivity contribution < 1.29 is 4.79 Å². The molecule has 3 fully saturated rings. The lowest BCUT2D eigenvalue weighted by Crippen LogP contribution is -2.68. The van der Waals surface area contributed by atoms with Gasteiger partial charge >= 0.3 is 0 Å². The van der Waals surface area contributed by atoms with Crippen LogP contribution in [0.5, 0.6) is 0 Å². The normalized spacial score (nSPS) is 36.9. The average molecular weight is 306 g/mol. The van der Waals surface area contributed by atoms with Gasteiger partial charge in [-0.3, -0.25) is 9.69 Å². The molecule has 2 N–H and O–H groups in total. The fraction of sp³-hybridized carbons (Fsp3) is 0.947. The van der Waals surface area contributed by atoms with Crippen LogP contribution in [0.15, 0.2) is 0 Å². The fourth-order valence-electron chi connectivity index (χ4n) is 6.14. The highest BCUT2D eigenvalue weighted by molar-refractivity contribution is 5.83. The van der Waals surface area contributed by atoms with E-state index >= 15 is 0 Å². The zero-order valence-corrected chi connectivity index (χ0v) is 14.4. The van der Waals surface area contributed by atoms with E-state index in [4.69, 9.17) is 5.73 Å². The van der Waals surface area contributed by atoms with Gasteiger partial charge in [0.1, 0.15) is 0 Å². The summed E-state index contributed by atoms with van der Waals surface area (Å²) in [6.07, 6.45) is 14.9. The highest BCUT2D eigenvalue weighted by atomic mass is 16.1. The number of primary amides is 1. The molecule has 0 aromatic heterocycles. The van der Waals surface area contributed by atoms with Crippen LogP contribution in [0, 0.1) is 11.3 Å². The number of carbonyl (C=O) groups excluding carboxylic acids is 1. The van der Waals surface area contributed by atoms with Crippen molar-refractivity contribution in [1.29, 1.82) is 0 Å². The van der Waals surface area contributed by atoms with Gasteiger partial charge in [0.05, 0.1) is 5.41 Å². The van der Waals surface area contributed by atoms with Gasteiger partial charge in [-0.05, 0) is 57.5 Å². The number of nitrogens with zero attached hydrogens (tertiary/aromatic N) is 1. The molecular formula is C19H34N2O. The van der Waals surface area contributed by atoms with Gasteiger partial charge < -0.3 is 5.73 Å². The molecule has 1 heterocycles. The topological polar surface area (TPSA) is 46.3 Å². The molecule has 0 aromatic rings. The minimum Gasteiger partial charge on any atom is -0.369 e. The second-order valence-electron chi connectivity index (χ2n) is 8.12. The molecular weight excluding hydrogens is 272 g/mol. The molecule has 3 rings (SSSR count). The van der Waals surface area contributed by atoms with Crippen LogP contribution in [0.25, 0.3) is 0 Å². The summed E-state index contributed by atoms with van der Waals surface area (Å²) in [5.74, 6) is 0.450. The summed E-state index contributed by atoms with van der Waals surface area (Å²) in [6, 6.07) is 0. The predicted octanol–water partition coefficient (Wildman–Crippen LogP) is 3.86. The van der Waals surface area contributed by atoms with Crippen LogP contribution in [0.4, 0.5) is 0 Å². The third kappa shape index (κ3) is 2.40. The summed E-state index contributed by atoms with van der Waals surface area (Å²) in [7, 11) is 0. The Morgan fingerprint density at radius 2 is 1.50 bits per heavy atom. The Morgan fingerprint density at radius 3 is 2.09 bits per heavy atom. The SMILES string of the molecule is CC1CCCCC1(C(N)=O)C1(N2CCCCC2)CCCCC1. The van der Waals surface area contributed by atoms with Crippen molar-refractivity contribution in [3.63, 3.8) is 0 Å². The Bertz CT molecular complexity index is 396. The lowest BCUT2D eigenvalue weighted by Gasteiger charge is -2.61. The summed E-state index contributed by atoms with van der Waals surface area (Å²) >= 11 is 0. The molecule has 0 bridgehead atoms. The average Bonchev–Trinajstić information content (AvgIpc) is 2.56. The van der Waals surface area contributed by atoms with E-state index in [9.17, 15) is 4.79 Å². The zero-order chi connectivity index (χ0) is 15.6. The van der Waals surface area contributed by atoms with E-state index in [1.54, 1.807) is 0 Å². The van der Waals surface area contributed by atoms with Crippen LogP contribution < -0.4 is 5.73 Å². The molecule has 2 saturated carbocycles. The van der Waals surface area contributed by atoms with Crippen molar-refractivity contribution in [2.45, 2.75) is 89.5 Å². The van der Waals surface area contributed by atoms with Gasteiger partial charge in [-0.25, -0.2) is 0 Å². The van der Waals surface area contributed by atoms with Crippen molar-refractivity contribution in [3.8, 4) is 0 Å². The fourth-order valence-corrected chi connectivity index (χ4v) is 6.14. The standard InChI is InChI=1S/C19H34N2O/c1-16-10-4-7-13-19(16,17(20)22)18(11-5-2-6-12-18)21-14-8-3-9-15-21/h16H,2-15H2,1H3,(H2,20,22). The molecule has 0 spiro atoms. The maximum Gasteiger partial charge on any atom is 0.225 e. The summed E-state index contributed by atoms with van der Waals surface area (Å²) in [5, 5.41) is 0. The molecule has 3 aliphatic rings. The largest absolute Gasteiger partial charge is 0.369 e. The first-order valence-corrected chi connectivity index (χ1v) is 9.68. The predicted molar refractivity (Wildman–Crippen MR) is 90.5 cm³/mol. The van der Waals surface area contributed by atoms with Crippen molar-refractivity contribution in [1.82, 2.24) is 4.90 Å². The molecule has 2 aliphatic carbocycles. The number of amides is 1. The third-order valence-electron chi connectivity index (χ3n) is 7.21. The number of rotatable bonds is 3. The molecule has 22 heavy (non-hydrogen) atoms. The lowest BCUT2D eigenvalue weighted by atomic mass is 9.51. The Balaban J connectivity index is 2.03. The molecule has 1 saturated heterocycles. The highest BCUT2D eigenvalue weighted by Gasteiger charge is 2.60. The number of nitrogens with two attached hydrogens (primary N) is 1. The van der Waals surface area contributed by atoms with Crippen molar-refractivity contribution in [3.05, 3.63) is 0 Å². The maximum atomic E-state index is 12.8. The molecule has 0 aromatic carbocycles. The first kappa shape index (κ1) is 16.3. The van der Waals surface area contributed by atoms with Crippen LogP contribution >= 0.6 is 0 Å². The second-order valence-corrected chi connectivity index (χ2v) is 8.12. The van der Waals surface area contributed by atoms with Crippen molar-refractivity contribution >= 4 is 5.91 Å². The number of hydrogen-bond donors (Lipinski definition) is 1. The molecule has 1 aliphatic heterocycles. The molecule has 2 atom stereocenters. The van der Waals surface area contributed by atoms with Gasteiger partial charge in [0.15, 0.2) is 0 Å². The molecule has 0 radical (unpaired) electrons. The minimum absolute atomic E-state index is 0.00664. The summed E-state index contributed by atoms with van der Waals surface area (Å²) in [4.78, 5) is 15.6. The Kier molecular flexibility index (Phi) is 4.82. The van der Waals surface area contributed by atoms with Gasteiger partial charge in [0.2, 0.25) is 5.91 Å². The monoisotopic (exact) mass is 306 g/mol. The molecule has 3 nitrogen and oxygen atoms in total. The smallest absolute Gasteiger partial charge is 0.225 e. The van der Waals surface area contributed by atoms with E-state index < -0.39 is 0 Å². The highest BCUT2D eigenvalue weighted by Crippen LogP contribution is 2.56. The number of likely N-dealkylation sites (tertiary alicyclic amines) is 1. The van der Waals surface area contributed by atoms with Crippen molar-refractivity contribution in [2.24, 2.45) is 17.1 Å².